The van der Waals surface area contributed by atoms with Gasteiger partial charge in [0.1, 0.15) is 5.75 Å². The molecule has 1 aliphatic rings. The second-order valence-electron chi connectivity index (χ2n) is 5.80. The summed E-state index contributed by atoms with van der Waals surface area (Å²) in [6.07, 6.45) is 0.176. The average Bonchev–Trinajstić information content (AvgIpc) is 2.68. The molecule has 138 valence electrons. The molecule has 0 spiro atoms. The molecule has 0 unspecified atom stereocenters. The largest absolute Gasteiger partial charge is 0.497 e. The first-order valence-electron chi connectivity index (χ1n) is 8.44. The molecule has 7 nitrogen and oxygen atoms in total. The standard InChI is InChI=1S/C18H26N2O5/c1-23-16-5-3-4-15(14-16)18(22)20(7-6-17(21)24-2)9-8-19-10-12-25-13-11-19/h3-5,14H,6-13H2,1-2H3. The summed E-state index contributed by atoms with van der Waals surface area (Å²) in [5.41, 5.74) is 0.547. The zero-order valence-electron chi connectivity index (χ0n) is 14.9. The molecule has 2 rings (SSSR count). The van der Waals surface area contributed by atoms with Crippen LogP contribution in [0.4, 0.5) is 0 Å². The molecule has 1 fully saturated rings. The van der Waals surface area contributed by atoms with E-state index in [-0.39, 0.29) is 18.3 Å². The van der Waals surface area contributed by atoms with Crippen LogP contribution in [0.5, 0.6) is 5.75 Å². The third kappa shape index (κ3) is 6.03. The second-order valence-corrected chi connectivity index (χ2v) is 5.80. The van der Waals surface area contributed by atoms with Gasteiger partial charge in [-0.05, 0) is 18.2 Å². The van der Waals surface area contributed by atoms with Gasteiger partial charge < -0.3 is 19.1 Å². The molecule has 0 radical (unpaired) electrons. The Morgan fingerprint density at radius 2 is 1.96 bits per heavy atom. The number of nitrogens with zero attached hydrogens (tertiary/aromatic N) is 2. The Hall–Kier alpha value is -2.12. The smallest absolute Gasteiger partial charge is 0.307 e. The molecule has 0 aromatic heterocycles. The van der Waals surface area contributed by atoms with Crippen LogP contribution < -0.4 is 4.74 Å². The SMILES string of the molecule is COC(=O)CCN(CCN1CCOCC1)C(=O)c1cccc(OC)c1. The van der Waals surface area contributed by atoms with Crippen molar-refractivity contribution in [2.45, 2.75) is 6.42 Å². The van der Waals surface area contributed by atoms with E-state index < -0.39 is 0 Å². The molecule has 0 atom stereocenters. The number of esters is 1. The third-order valence-corrected chi connectivity index (χ3v) is 4.21. The van der Waals surface area contributed by atoms with E-state index in [0.717, 1.165) is 19.6 Å². The van der Waals surface area contributed by atoms with Crippen LogP contribution in [-0.2, 0) is 14.3 Å². The normalized spacial score (nSPS) is 14.8. The fourth-order valence-corrected chi connectivity index (χ4v) is 2.67. The van der Waals surface area contributed by atoms with E-state index in [1.54, 1.807) is 36.3 Å². The van der Waals surface area contributed by atoms with Crippen molar-refractivity contribution in [2.75, 3.05) is 60.2 Å². The Morgan fingerprint density at radius 3 is 2.64 bits per heavy atom. The Kier molecular flexibility index (Phi) is 7.69. The van der Waals surface area contributed by atoms with Gasteiger partial charge in [-0.1, -0.05) is 6.07 Å². The summed E-state index contributed by atoms with van der Waals surface area (Å²) in [5, 5.41) is 0. The van der Waals surface area contributed by atoms with Crippen LogP contribution in [-0.4, -0.2) is 81.8 Å². The van der Waals surface area contributed by atoms with Gasteiger partial charge in [0.2, 0.25) is 0 Å². The highest BCUT2D eigenvalue weighted by Crippen LogP contribution is 2.15. The summed E-state index contributed by atoms with van der Waals surface area (Å²) in [6, 6.07) is 7.04. The maximum absolute atomic E-state index is 12.9. The van der Waals surface area contributed by atoms with Crippen molar-refractivity contribution in [3.05, 3.63) is 29.8 Å². The number of rotatable bonds is 8. The van der Waals surface area contributed by atoms with Gasteiger partial charge in [0.05, 0.1) is 33.9 Å². The predicted molar refractivity (Wildman–Crippen MR) is 92.8 cm³/mol. The lowest BCUT2D eigenvalue weighted by atomic mass is 10.1. The molecule has 0 bridgehead atoms. The highest BCUT2D eigenvalue weighted by Gasteiger charge is 2.19. The highest BCUT2D eigenvalue weighted by molar-refractivity contribution is 5.94. The molecule has 0 aliphatic carbocycles. The van der Waals surface area contributed by atoms with Gasteiger partial charge in [0.15, 0.2) is 0 Å². The molecule has 1 aromatic carbocycles. The lowest BCUT2D eigenvalue weighted by Gasteiger charge is -2.30. The molecule has 0 saturated carbocycles. The maximum Gasteiger partial charge on any atom is 0.307 e. The molecule has 1 aliphatic heterocycles. The summed E-state index contributed by atoms with van der Waals surface area (Å²) in [4.78, 5) is 28.3. The van der Waals surface area contributed by atoms with Crippen molar-refractivity contribution in [3.8, 4) is 5.75 Å². The minimum atomic E-state index is -0.324. The minimum Gasteiger partial charge on any atom is -0.497 e. The monoisotopic (exact) mass is 350 g/mol. The first-order chi connectivity index (χ1) is 12.1. The number of morpholine rings is 1. The number of benzene rings is 1. The number of hydrogen-bond donors (Lipinski definition) is 0. The van der Waals surface area contributed by atoms with E-state index in [1.807, 2.05) is 0 Å². The predicted octanol–water partition coefficient (Wildman–Crippen LogP) is 1.03. The first-order valence-corrected chi connectivity index (χ1v) is 8.44. The van der Waals surface area contributed by atoms with Crippen LogP contribution in [0.25, 0.3) is 0 Å². The lowest BCUT2D eigenvalue weighted by Crippen LogP contribution is -2.43. The van der Waals surface area contributed by atoms with Gasteiger partial charge in [-0.3, -0.25) is 14.5 Å². The number of carbonyl (C=O) groups excluding carboxylic acids is 2. The Morgan fingerprint density at radius 1 is 1.20 bits per heavy atom. The van der Waals surface area contributed by atoms with Crippen LogP contribution in [0.15, 0.2) is 24.3 Å². The highest BCUT2D eigenvalue weighted by atomic mass is 16.5. The lowest BCUT2D eigenvalue weighted by molar-refractivity contribution is -0.140. The molecule has 1 saturated heterocycles. The van der Waals surface area contributed by atoms with Crippen molar-refractivity contribution in [1.82, 2.24) is 9.80 Å². The first kappa shape index (κ1) is 19.2. The van der Waals surface area contributed by atoms with E-state index in [2.05, 4.69) is 4.90 Å². The molecule has 25 heavy (non-hydrogen) atoms. The molecule has 1 aromatic rings. The van der Waals surface area contributed by atoms with E-state index in [4.69, 9.17) is 14.2 Å². The van der Waals surface area contributed by atoms with Crippen LogP contribution in [0.1, 0.15) is 16.8 Å². The zero-order valence-corrected chi connectivity index (χ0v) is 14.9. The van der Waals surface area contributed by atoms with Gasteiger partial charge in [0, 0.05) is 38.3 Å². The Labute approximate surface area is 148 Å². The fraction of sp³-hybridized carbons (Fsp3) is 0.556. The minimum absolute atomic E-state index is 0.115. The van der Waals surface area contributed by atoms with E-state index in [9.17, 15) is 9.59 Å². The van der Waals surface area contributed by atoms with Gasteiger partial charge in [-0.2, -0.15) is 0 Å². The zero-order chi connectivity index (χ0) is 18.1. The molecular weight excluding hydrogens is 324 g/mol. The van der Waals surface area contributed by atoms with E-state index in [0.29, 0.717) is 37.6 Å². The number of ether oxygens (including phenoxy) is 3. The van der Waals surface area contributed by atoms with Crippen molar-refractivity contribution in [3.63, 3.8) is 0 Å². The van der Waals surface area contributed by atoms with Gasteiger partial charge >= 0.3 is 5.97 Å². The second kappa shape index (κ2) is 10.0. The van der Waals surface area contributed by atoms with Crippen LogP contribution in [0, 0.1) is 0 Å². The van der Waals surface area contributed by atoms with Gasteiger partial charge in [0.25, 0.3) is 5.91 Å². The number of amides is 1. The van der Waals surface area contributed by atoms with Crippen molar-refractivity contribution in [1.29, 1.82) is 0 Å². The quantitative estimate of drug-likeness (QED) is 0.653. The van der Waals surface area contributed by atoms with E-state index in [1.165, 1.54) is 7.11 Å². The molecule has 7 heteroatoms. The Balaban J connectivity index is 2.02. The average molecular weight is 350 g/mol. The molecule has 1 amide bonds. The molecular formula is C18H26N2O5. The molecule has 1 heterocycles. The molecule has 0 N–H and O–H groups in total. The number of carbonyl (C=O) groups is 2. The third-order valence-electron chi connectivity index (χ3n) is 4.21. The maximum atomic E-state index is 12.9. The summed E-state index contributed by atoms with van der Waals surface area (Å²) >= 11 is 0. The van der Waals surface area contributed by atoms with Gasteiger partial charge in [-0.15, -0.1) is 0 Å². The summed E-state index contributed by atoms with van der Waals surface area (Å²) in [5.74, 6) is 0.192. The summed E-state index contributed by atoms with van der Waals surface area (Å²) in [6.45, 7) is 4.77. The summed E-state index contributed by atoms with van der Waals surface area (Å²) in [7, 11) is 2.92. The summed E-state index contributed by atoms with van der Waals surface area (Å²) < 4.78 is 15.2. The fourth-order valence-electron chi connectivity index (χ4n) is 2.67. The van der Waals surface area contributed by atoms with Crippen molar-refractivity contribution in [2.24, 2.45) is 0 Å². The van der Waals surface area contributed by atoms with Crippen LogP contribution >= 0.6 is 0 Å². The number of hydrogen-bond acceptors (Lipinski definition) is 6. The van der Waals surface area contributed by atoms with Gasteiger partial charge in [-0.25, -0.2) is 0 Å². The van der Waals surface area contributed by atoms with Crippen molar-refractivity contribution >= 4 is 11.9 Å². The van der Waals surface area contributed by atoms with Crippen LogP contribution in [0.3, 0.4) is 0 Å². The Bertz CT molecular complexity index is 572. The van der Waals surface area contributed by atoms with Crippen molar-refractivity contribution < 1.29 is 23.8 Å². The number of methoxy groups -OCH3 is 2. The van der Waals surface area contributed by atoms with E-state index >= 15 is 0 Å². The topological polar surface area (TPSA) is 68.3 Å². The van der Waals surface area contributed by atoms with Crippen LogP contribution in [0.2, 0.25) is 0 Å².